The number of benzene rings is 3. The van der Waals surface area contributed by atoms with E-state index >= 15 is 0 Å². The predicted molar refractivity (Wildman–Crippen MR) is 164 cm³/mol. The molecule has 1 aliphatic heterocycles. The highest BCUT2D eigenvalue weighted by Gasteiger charge is 2.29. The zero-order valence-electron chi connectivity index (χ0n) is 24.4. The van der Waals surface area contributed by atoms with Gasteiger partial charge in [-0.2, -0.15) is 0 Å². The van der Waals surface area contributed by atoms with Gasteiger partial charge in [-0.05, 0) is 56.1 Å². The predicted octanol–water partition coefficient (Wildman–Crippen LogP) is 3.78. The van der Waals surface area contributed by atoms with Gasteiger partial charge < -0.3 is 30.1 Å². The Hall–Kier alpha value is -4.96. The van der Waals surface area contributed by atoms with Crippen molar-refractivity contribution in [2.45, 2.75) is 6.42 Å². The second-order valence-corrected chi connectivity index (χ2v) is 10.3. The number of carbonyl (C=O) groups is 4. The van der Waals surface area contributed by atoms with Gasteiger partial charge in [0.2, 0.25) is 11.8 Å². The van der Waals surface area contributed by atoms with Gasteiger partial charge in [0.05, 0.1) is 29.6 Å². The van der Waals surface area contributed by atoms with Gasteiger partial charge in [-0.1, -0.05) is 36.4 Å². The Bertz CT molecular complexity index is 1510. The van der Waals surface area contributed by atoms with Crippen LogP contribution in [-0.2, 0) is 19.1 Å². The van der Waals surface area contributed by atoms with Gasteiger partial charge in [0.1, 0.15) is 6.54 Å². The second-order valence-electron chi connectivity index (χ2n) is 10.3. The minimum atomic E-state index is -0.493. The maximum absolute atomic E-state index is 13.3. The van der Waals surface area contributed by atoms with Gasteiger partial charge in [-0.25, -0.2) is 4.79 Å². The molecule has 0 radical (unpaired) electrons. The lowest BCUT2D eigenvalue weighted by atomic mass is 9.99. The lowest BCUT2D eigenvalue weighted by Crippen LogP contribution is -2.41. The summed E-state index contributed by atoms with van der Waals surface area (Å²) in [6.07, 6.45) is 0.268. The largest absolute Gasteiger partial charge is 0.465 e. The summed E-state index contributed by atoms with van der Waals surface area (Å²) in [7, 11) is 8.40. The summed E-state index contributed by atoms with van der Waals surface area (Å²) in [5, 5.41) is 6.25. The highest BCUT2D eigenvalue weighted by molar-refractivity contribution is 6.37. The van der Waals surface area contributed by atoms with E-state index in [-0.39, 0.29) is 30.7 Å². The normalized spacial score (nSPS) is 13.2. The fourth-order valence-corrected chi connectivity index (χ4v) is 4.47. The van der Waals surface area contributed by atoms with E-state index in [1.807, 2.05) is 49.3 Å². The molecule has 3 amide bonds. The van der Waals surface area contributed by atoms with Crippen LogP contribution in [0.1, 0.15) is 27.9 Å². The molecule has 0 atom stereocenters. The van der Waals surface area contributed by atoms with E-state index in [0.29, 0.717) is 46.0 Å². The van der Waals surface area contributed by atoms with Crippen molar-refractivity contribution in [1.29, 1.82) is 0 Å². The van der Waals surface area contributed by atoms with Crippen LogP contribution in [0.4, 0.5) is 17.1 Å². The molecule has 10 heteroatoms. The summed E-state index contributed by atoms with van der Waals surface area (Å²) < 4.78 is 4.82. The number of hydrogen-bond acceptors (Lipinski definition) is 7. The first kappa shape index (κ1) is 30.0. The monoisotopic (exact) mass is 569 g/mol. The maximum atomic E-state index is 13.3. The Morgan fingerprint density at radius 3 is 2.17 bits per heavy atom. The minimum absolute atomic E-state index is 0.0735. The van der Waals surface area contributed by atoms with E-state index in [2.05, 4.69) is 10.6 Å². The highest BCUT2D eigenvalue weighted by atomic mass is 16.5. The van der Waals surface area contributed by atoms with Gasteiger partial charge in [0, 0.05) is 44.0 Å². The molecule has 0 bridgehead atoms. The molecule has 0 aliphatic carbocycles. The molecule has 4 rings (SSSR count). The molecule has 42 heavy (non-hydrogen) atoms. The first-order chi connectivity index (χ1) is 20.1. The summed E-state index contributed by atoms with van der Waals surface area (Å²) in [4.78, 5) is 55.8. The number of carbonyl (C=O) groups excluding carboxylic acids is 4. The molecule has 0 unspecified atom stereocenters. The van der Waals surface area contributed by atoms with Gasteiger partial charge in [0.15, 0.2) is 0 Å². The van der Waals surface area contributed by atoms with Crippen molar-refractivity contribution in [1.82, 2.24) is 9.80 Å². The topological polar surface area (TPSA) is 111 Å². The van der Waals surface area contributed by atoms with Gasteiger partial charge in [0.25, 0.3) is 5.91 Å². The number of nitrogens with zero attached hydrogens (tertiary/aromatic N) is 3. The van der Waals surface area contributed by atoms with E-state index < -0.39 is 5.97 Å². The molecule has 3 aromatic carbocycles. The van der Waals surface area contributed by atoms with Crippen LogP contribution in [0.5, 0.6) is 0 Å². The van der Waals surface area contributed by atoms with Crippen molar-refractivity contribution in [3.63, 3.8) is 0 Å². The maximum Gasteiger partial charge on any atom is 0.337 e. The molecule has 1 aliphatic rings. The molecule has 0 fully saturated rings. The van der Waals surface area contributed by atoms with Gasteiger partial charge >= 0.3 is 5.97 Å². The first-order valence-corrected chi connectivity index (χ1v) is 13.4. The SMILES string of the molecule is COC(=O)c1ccc2c(c1)NC(=O)/C2=C(\Nc1ccc(N(CC(=O)N(C)C)C(=O)CCN(C)C)cc1)c1ccccc1. The zero-order chi connectivity index (χ0) is 30.4. The molecule has 2 N–H and O–H groups in total. The van der Waals surface area contributed by atoms with E-state index in [0.717, 1.165) is 5.56 Å². The number of esters is 1. The fraction of sp³-hybridized carbons (Fsp3) is 0.250. The fourth-order valence-electron chi connectivity index (χ4n) is 4.47. The third kappa shape index (κ3) is 6.84. The molecule has 0 saturated carbocycles. The average molecular weight is 570 g/mol. The standard InChI is InChI=1S/C32H35N5O5/c1-35(2)18-17-27(38)37(20-28(39)36(3)4)24-14-12-23(13-15-24)33-30(21-9-7-6-8-10-21)29-25-16-11-22(32(41)42-5)19-26(25)34-31(29)40/h6-16,19,33H,17-18,20H2,1-5H3,(H,34,40)/b30-29-. The number of hydrogen-bond donors (Lipinski definition) is 2. The van der Waals surface area contributed by atoms with Crippen molar-refractivity contribution < 1.29 is 23.9 Å². The van der Waals surface area contributed by atoms with Crippen LogP contribution in [0, 0.1) is 0 Å². The Morgan fingerprint density at radius 2 is 1.55 bits per heavy atom. The molecule has 0 saturated heterocycles. The van der Waals surface area contributed by atoms with Crippen LogP contribution in [0.3, 0.4) is 0 Å². The number of likely N-dealkylation sites (N-methyl/N-ethyl adjacent to an activating group) is 1. The Labute approximate surface area is 245 Å². The zero-order valence-corrected chi connectivity index (χ0v) is 24.4. The van der Waals surface area contributed by atoms with Crippen molar-refractivity contribution in [2.24, 2.45) is 0 Å². The van der Waals surface area contributed by atoms with Gasteiger partial charge in [-0.15, -0.1) is 0 Å². The van der Waals surface area contributed by atoms with E-state index in [4.69, 9.17) is 4.74 Å². The Balaban J connectivity index is 1.70. The molecule has 0 spiro atoms. The van der Waals surface area contributed by atoms with Crippen molar-refractivity contribution in [3.05, 3.63) is 89.5 Å². The number of fused-ring (bicyclic) bond motifs is 1. The van der Waals surface area contributed by atoms with Crippen LogP contribution in [-0.4, -0.2) is 81.9 Å². The van der Waals surface area contributed by atoms with E-state index in [1.54, 1.807) is 56.6 Å². The summed E-state index contributed by atoms with van der Waals surface area (Å²) in [5.74, 6) is -1.15. The Morgan fingerprint density at radius 1 is 0.857 bits per heavy atom. The average Bonchev–Trinajstić information content (AvgIpc) is 3.32. The van der Waals surface area contributed by atoms with Gasteiger partial charge in [-0.3, -0.25) is 14.4 Å². The summed E-state index contributed by atoms with van der Waals surface area (Å²) in [6.45, 7) is 0.486. The van der Waals surface area contributed by atoms with Crippen LogP contribution in [0.25, 0.3) is 11.3 Å². The third-order valence-corrected chi connectivity index (χ3v) is 6.81. The van der Waals surface area contributed by atoms with Crippen LogP contribution < -0.4 is 15.5 Å². The minimum Gasteiger partial charge on any atom is -0.465 e. The number of ether oxygens (including phenoxy) is 1. The lowest BCUT2D eigenvalue weighted by molar-refractivity contribution is -0.129. The van der Waals surface area contributed by atoms with E-state index in [1.165, 1.54) is 16.9 Å². The third-order valence-electron chi connectivity index (χ3n) is 6.81. The number of anilines is 3. The quantitative estimate of drug-likeness (QED) is 0.282. The van der Waals surface area contributed by atoms with Crippen molar-refractivity contribution >= 4 is 52.0 Å². The summed E-state index contributed by atoms with van der Waals surface area (Å²) >= 11 is 0. The smallest absolute Gasteiger partial charge is 0.337 e. The summed E-state index contributed by atoms with van der Waals surface area (Å²) in [5.41, 5.74) is 4.55. The van der Waals surface area contributed by atoms with E-state index in [9.17, 15) is 19.2 Å². The number of amides is 3. The summed E-state index contributed by atoms with van der Waals surface area (Å²) in [6, 6.07) is 21.6. The second kappa shape index (κ2) is 13.1. The number of nitrogens with one attached hydrogen (secondary N) is 2. The number of methoxy groups -OCH3 is 1. The molecular formula is C32H35N5O5. The molecule has 218 valence electrons. The van der Waals surface area contributed by atoms with Crippen molar-refractivity contribution in [2.75, 3.05) is 63.9 Å². The van der Waals surface area contributed by atoms with Crippen LogP contribution >= 0.6 is 0 Å². The molecule has 10 nitrogen and oxygen atoms in total. The molecule has 0 aromatic heterocycles. The molecule has 3 aromatic rings. The first-order valence-electron chi connectivity index (χ1n) is 13.4. The Kier molecular flexibility index (Phi) is 9.39. The van der Waals surface area contributed by atoms with Crippen molar-refractivity contribution in [3.8, 4) is 0 Å². The molecular weight excluding hydrogens is 534 g/mol. The highest BCUT2D eigenvalue weighted by Crippen LogP contribution is 2.38. The lowest BCUT2D eigenvalue weighted by Gasteiger charge is -2.25. The van der Waals surface area contributed by atoms with Crippen LogP contribution in [0.2, 0.25) is 0 Å². The van der Waals surface area contributed by atoms with Crippen LogP contribution in [0.15, 0.2) is 72.8 Å². The number of rotatable bonds is 10. The molecule has 1 heterocycles.